The minimum absolute atomic E-state index is 0. The lowest BCUT2D eigenvalue weighted by atomic mass is 10.1. The summed E-state index contributed by atoms with van der Waals surface area (Å²) in [6, 6.07) is 0. The second-order valence-electron chi connectivity index (χ2n) is 3.44. The molecule has 0 aromatic rings. The molecule has 1 fully saturated rings. The largest absolute Gasteiger partial charge is 1.00 e. The van der Waals surface area contributed by atoms with Crippen molar-refractivity contribution in [2.24, 2.45) is 0 Å². The van der Waals surface area contributed by atoms with E-state index in [9.17, 15) is 0 Å². The molecule has 0 bridgehead atoms. The zero-order valence-corrected chi connectivity index (χ0v) is 8.65. The second-order valence-corrected chi connectivity index (χ2v) is 3.44. The number of likely N-dealkylation sites (tertiary alicyclic amines) is 1. The molecule has 1 aliphatic heterocycles. The van der Waals surface area contributed by atoms with Gasteiger partial charge in [0.1, 0.15) is 0 Å². The van der Waals surface area contributed by atoms with Crippen LogP contribution in [0.2, 0.25) is 0 Å². The van der Waals surface area contributed by atoms with Crippen LogP contribution in [0.15, 0.2) is 0 Å². The molecule has 0 aromatic heterocycles. The van der Waals surface area contributed by atoms with Crippen molar-refractivity contribution in [3.05, 3.63) is 0 Å². The quantitative estimate of drug-likeness (QED) is 0.467. The molecule has 0 atom stereocenters. The van der Waals surface area contributed by atoms with Gasteiger partial charge < -0.3 is 21.5 Å². The van der Waals surface area contributed by atoms with Crippen molar-refractivity contribution >= 4 is 0 Å². The van der Waals surface area contributed by atoms with Crippen molar-refractivity contribution < 1.29 is 21.5 Å². The molecule has 0 radical (unpaired) electrons. The number of hydrogen-bond donors (Lipinski definition) is 0. The molecule has 0 unspecified atom stereocenters. The first-order valence-corrected chi connectivity index (χ1v) is 4.10. The summed E-state index contributed by atoms with van der Waals surface area (Å²) in [6.07, 6.45) is 4.36. The molecule has 0 aromatic carbocycles. The number of quaternary nitrogens is 1. The summed E-state index contributed by atoms with van der Waals surface area (Å²) >= 11 is 0. The summed E-state index contributed by atoms with van der Waals surface area (Å²) < 4.78 is 1.32. The van der Waals surface area contributed by atoms with Crippen LogP contribution in [0.1, 0.15) is 26.2 Å². The molecule has 10 heavy (non-hydrogen) atoms. The minimum atomic E-state index is 0. The van der Waals surface area contributed by atoms with E-state index >= 15 is 0 Å². The highest BCUT2D eigenvalue weighted by Crippen LogP contribution is 2.14. The molecule has 1 heterocycles. The number of nitrogens with zero attached hydrogens (tertiary/aromatic N) is 1. The van der Waals surface area contributed by atoms with Gasteiger partial charge in [-0.2, -0.15) is 0 Å². The lowest BCUT2D eigenvalue weighted by molar-refractivity contribution is -0.912. The average Bonchev–Trinajstić information content (AvgIpc) is 1.90. The van der Waals surface area contributed by atoms with Gasteiger partial charge in [-0.05, 0) is 26.2 Å². The van der Waals surface area contributed by atoms with Crippen molar-refractivity contribution in [1.82, 2.24) is 0 Å². The SMILES string of the molecule is CC[N+]1(C)CCCCC1.[Br-]. The third-order valence-corrected chi connectivity index (χ3v) is 2.66. The molecule has 0 amide bonds. The Morgan fingerprint density at radius 2 is 1.60 bits per heavy atom. The molecule has 0 spiro atoms. The normalized spacial score (nSPS) is 23.4. The van der Waals surface area contributed by atoms with Crippen LogP contribution >= 0.6 is 0 Å². The van der Waals surface area contributed by atoms with Crippen molar-refractivity contribution in [2.75, 3.05) is 26.7 Å². The molecular weight excluding hydrogens is 190 g/mol. The van der Waals surface area contributed by atoms with Crippen LogP contribution in [0.5, 0.6) is 0 Å². The highest BCUT2D eigenvalue weighted by atomic mass is 79.9. The Balaban J connectivity index is 0.000000810. The van der Waals surface area contributed by atoms with E-state index < -0.39 is 0 Å². The standard InChI is InChI=1S/C8H18N.BrH/c1-3-9(2)7-5-4-6-8-9;/h3-8H2,1-2H3;1H/q+1;/p-1. The van der Waals surface area contributed by atoms with Gasteiger partial charge in [-0.25, -0.2) is 0 Å². The van der Waals surface area contributed by atoms with E-state index in [1.54, 1.807) is 0 Å². The fourth-order valence-corrected chi connectivity index (χ4v) is 1.59. The summed E-state index contributed by atoms with van der Waals surface area (Å²) in [5.41, 5.74) is 0. The van der Waals surface area contributed by atoms with Crippen LogP contribution in [-0.4, -0.2) is 31.2 Å². The molecule has 1 nitrogen and oxygen atoms in total. The van der Waals surface area contributed by atoms with Crippen LogP contribution in [0, 0.1) is 0 Å². The number of halogens is 1. The monoisotopic (exact) mass is 207 g/mol. The maximum Gasteiger partial charge on any atom is 0.0784 e. The predicted molar refractivity (Wildman–Crippen MR) is 40.3 cm³/mol. The van der Waals surface area contributed by atoms with E-state index in [0.29, 0.717) is 0 Å². The van der Waals surface area contributed by atoms with E-state index in [1.165, 1.54) is 43.4 Å². The first-order valence-electron chi connectivity index (χ1n) is 4.10. The van der Waals surface area contributed by atoms with Crippen LogP contribution in [0.4, 0.5) is 0 Å². The van der Waals surface area contributed by atoms with Crippen LogP contribution in [0.3, 0.4) is 0 Å². The second kappa shape index (κ2) is 4.35. The number of hydrogen-bond acceptors (Lipinski definition) is 0. The molecule has 0 aliphatic carbocycles. The van der Waals surface area contributed by atoms with Crippen molar-refractivity contribution in [2.45, 2.75) is 26.2 Å². The Bertz CT molecular complexity index is 87.3. The zero-order chi connectivity index (χ0) is 6.74. The average molecular weight is 208 g/mol. The van der Waals surface area contributed by atoms with E-state index in [1.807, 2.05) is 0 Å². The highest BCUT2D eigenvalue weighted by molar-refractivity contribution is 4.49. The molecule has 0 saturated carbocycles. The van der Waals surface area contributed by atoms with Crippen molar-refractivity contribution in [1.29, 1.82) is 0 Å². The smallest absolute Gasteiger partial charge is 0.0784 e. The zero-order valence-electron chi connectivity index (χ0n) is 7.07. The van der Waals surface area contributed by atoms with E-state index in [4.69, 9.17) is 0 Å². The van der Waals surface area contributed by atoms with E-state index in [2.05, 4.69) is 14.0 Å². The lowest BCUT2D eigenvalue weighted by Crippen LogP contribution is -3.00. The highest BCUT2D eigenvalue weighted by Gasteiger charge is 2.21. The van der Waals surface area contributed by atoms with Gasteiger partial charge in [-0.1, -0.05) is 0 Å². The topological polar surface area (TPSA) is 0 Å². The third kappa shape index (κ3) is 2.59. The van der Waals surface area contributed by atoms with Gasteiger partial charge in [0, 0.05) is 0 Å². The fraction of sp³-hybridized carbons (Fsp3) is 1.00. The first kappa shape index (κ1) is 10.4. The number of rotatable bonds is 1. The Hall–Kier alpha value is 0.440. The molecule has 62 valence electrons. The molecule has 1 saturated heterocycles. The molecule has 2 heteroatoms. The Labute approximate surface area is 74.8 Å². The van der Waals surface area contributed by atoms with Crippen molar-refractivity contribution in [3.63, 3.8) is 0 Å². The van der Waals surface area contributed by atoms with Crippen LogP contribution < -0.4 is 17.0 Å². The van der Waals surface area contributed by atoms with Gasteiger partial charge in [0.25, 0.3) is 0 Å². The molecular formula is C8H18BrN. The fourth-order valence-electron chi connectivity index (χ4n) is 1.59. The van der Waals surface area contributed by atoms with Gasteiger partial charge in [0.15, 0.2) is 0 Å². The summed E-state index contributed by atoms with van der Waals surface area (Å²) in [4.78, 5) is 0. The van der Waals surface area contributed by atoms with Gasteiger partial charge >= 0.3 is 0 Å². The lowest BCUT2D eigenvalue weighted by Gasteiger charge is -2.36. The Morgan fingerprint density at radius 3 is 1.90 bits per heavy atom. The summed E-state index contributed by atoms with van der Waals surface area (Å²) in [5, 5.41) is 0. The number of piperidine rings is 1. The maximum absolute atomic E-state index is 2.37. The van der Waals surface area contributed by atoms with Crippen LogP contribution in [-0.2, 0) is 0 Å². The van der Waals surface area contributed by atoms with Crippen molar-refractivity contribution in [3.8, 4) is 0 Å². The third-order valence-electron chi connectivity index (χ3n) is 2.66. The predicted octanol–water partition coefficient (Wildman–Crippen LogP) is -1.36. The van der Waals surface area contributed by atoms with E-state index in [0.717, 1.165) is 0 Å². The summed E-state index contributed by atoms with van der Waals surface area (Å²) in [6.45, 7) is 6.44. The maximum atomic E-state index is 2.37. The van der Waals surface area contributed by atoms with Gasteiger partial charge in [-0.3, -0.25) is 0 Å². The summed E-state index contributed by atoms with van der Waals surface area (Å²) in [5.74, 6) is 0. The minimum Gasteiger partial charge on any atom is -1.00 e. The van der Waals surface area contributed by atoms with E-state index in [-0.39, 0.29) is 17.0 Å². The van der Waals surface area contributed by atoms with Gasteiger partial charge in [-0.15, -0.1) is 0 Å². The molecule has 1 aliphatic rings. The van der Waals surface area contributed by atoms with Gasteiger partial charge in [0.2, 0.25) is 0 Å². The Morgan fingerprint density at radius 1 is 1.10 bits per heavy atom. The molecule has 0 N–H and O–H groups in total. The van der Waals surface area contributed by atoms with Crippen LogP contribution in [0.25, 0.3) is 0 Å². The van der Waals surface area contributed by atoms with Gasteiger partial charge in [0.05, 0.1) is 26.7 Å². The Kier molecular flexibility index (Phi) is 4.54. The summed E-state index contributed by atoms with van der Waals surface area (Å²) in [7, 11) is 2.37. The molecule has 1 rings (SSSR count). The first-order chi connectivity index (χ1) is 4.27.